The Balaban J connectivity index is 1.96. The Morgan fingerprint density at radius 3 is 2.45 bits per heavy atom. The van der Waals surface area contributed by atoms with Gasteiger partial charge in [0.05, 0.1) is 25.7 Å². The summed E-state index contributed by atoms with van der Waals surface area (Å²) in [5.74, 6) is 1.05. The molecule has 0 saturated heterocycles. The number of primary amides is 1. The maximum atomic E-state index is 13.8. The fourth-order valence-electron chi connectivity index (χ4n) is 4.63. The zero-order valence-corrected chi connectivity index (χ0v) is 23.0. The van der Waals surface area contributed by atoms with Gasteiger partial charge in [0.15, 0.2) is 11.5 Å². The van der Waals surface area contributed by atoms with E-state index in [4.69, 9.17) is 26.8 Å². The largest absolute Gasteiger partial charge is 0.493 e. The first-order valence-corrected chi connectivity index (χ1v) is 12.8. The van der Waals surface area contributed by atoms with Gasteiger partial charge in [0.2, 0.25) is 5.91 Å². The number of ether oxygens (including phenoxy) is 2. The summed E-state index contributed by atoms with van der Waals surface area (Å²) < 4.78 is 11.8. The Kier molecular flexibility index (Phi) is 8.02. The second-order valence-corrected chi connectivity index (χ2v) is 9.95. The number of carbonyl (C=O) groups excluding carboxylic acids is 2. The molecule has 8 nitrogen and oxygen atoms in total. The normalized spacial score (nSPS) is 15.5. The van der Waals surface area contributed by atoms with Crippen molar-refractivity contribution in [2.45, 2.75) is 38.8 Å². The molecule has 0 saturated carbocycles. The molecule has 1 heterocycles. The molecule has 3 amide bonds. The van der Waals surface area contributed by atoms with Gasteiger partial charge < -0.3 is 30.3 Å². The molecule has 0 spiro atoms. The smallest absolute Gasteiger partial charge is 0.316 e. The monoisotopic (exact) mass is 536 g/mol. The molecule has 1 unspecified atom stereocenters. The Labute approximate surface area is 228 Å². The van der Waals surface area contributed by atoms with E-state index in [2.05, 4.69) is 5.32 Å². The minimum atomic E-state index is -0.728. The topological polar surface area (TPSA) is 97.1 Å². The Morgan fingerprint density at radius 1 is 1.13 bits per heavy atom. The number of hydrogen-bond acceptors (Lipinski definition) is 5. The molecule has 0 fully saturated rings. The lowest BCUT2D eigenvalue weighted by Gasteiger charge is -2.39. The summed E-state index contributed by atoms with van der Waals surface area (Å²) >= 11 is 6.29. The van der Waals surface area contributed by atoms with Crippen LogP contribution in [0.3, 0.4) is 0 Å². The lowest BCUT2D eigenvalue weighted by Crippen LogP contribution is -2.41. The van der Waals surface area contributed by atoms with Crippen LogP contribution in [0, 0.1) is 0 Å². The van der Waals surface area contributed by atoms with Crippen molar-refractivity contribution in [2.75, 3.05) is 36.3 Å². The number of methoxy groups -OCH3 is 1. The van der Waals surface area contributed by atoms with Crippen LogP contribution in [0.4, 0.5) is 21.9 Å². The number of fused-ring (bicyclic) bond motifs is 1. The fourth-order valence-corrected chi connectivity index (χ4v) is 4.80. The van der Waals surface area contributed by atoms with Crippen molar-refractivity contribution in [3.63, 3.8) is 0 Å². The van der Waals surface area contributed by atoms with E-state index in [9.17, 15) is 9.59 Å². The van der Waals surface area contributed by atoms with E-state index in [1.807, 2.05) is 69.2 Å². The molecule has 3 aromatic rings. The Morgan fingerprint density at radius 2 is 1.84 bits per heavy atom. The molecule has 3 aromatic carbocycles. The lowest BCUT2D eigenvalue weighted by atomic mass is 9.86. The minimum Gasteiger partial charge on any atom is -0.493 e. The standard InChI is InChI=1S/C29H33ClN4O4/c1-6-17(2)38-26-16-23-18(13-25(26)37-5)14-27(35)34(21-10-8-20(9-11-21)33(3)4)28(23)22-12-7-19(30)15-24(22)32-29(31)36/h7-13,15-17,28H,6,14H2,1-5H3,(H3,31,32,36)/t17-,28?/m1/s1. The van der Waals surface area contributed by atoms with Gasteiger partial charge in [-0.2, -0.15) is 0 Å². The molecule has 0 aromatic heterocycles. The van der Waals surface area contributed by atoms with Gasteiger partial charge in [-0.15, -0.1) is 0 Å². The molecule has 1 aliphatic heterocycles. The number of rotatable bonds is 8. The van der Waals surface area contributed by atoms with Crippen LogP contribution in [0.25, 0.3) is 0 Å². The summed E-state index contributed by atoms with van der Waals surface area (Å²) in [6.07, 6.45) is 0.951. The van der Waals surface area contributed by atoms with Gasteiger partial charge in [0, 0.05) is 41.7 Å². The molecule has 200 valence electrons. The Bertz CT molecular complexity index is 1340. The van der Waals surface area contributed by atoms with Gasteiger partial charge in [0.25, 0.3) is 0 Å². The number of nitrogens with one attached hydrogen (secondary N) is 1. The summed E-state index contributed by atoms with van der Waals surface area (Å²) in [6.45, 7) is 4.04. The number of carbonyl (C=O) groups is 2. The van der Waals surface area contributed by atoms with Crippen LogP contribution < -0.4 is 30.3 Å². The summed E-state index contributed by atoms with van der Waals surface area (Å²) in [6, 6.07) is 15.4. The number of hydrogen-bond donors (Lipinski definition) is 2. The van der Waals surface area contributed by atoms with Gasteiger partial charge in [0.1, 0.15) is 0 Å². The van der Waals surface area contributed by atoms with E-state index in [1.165, 1.54) is 0 Å². The van der Waals surface area contributed by atoms with Crippen molar-refractivity contribution in [2.24, 2.45) is 5.73 Å². The number of halogens is 1. The van der Waals surface area contributed by atoms with Crippen LogP contribution in [-0.4, -0.2) is 39.2 Å². The molecule has 38 heavy (non-hydrogen) atoms. The highest BCUT2D eigenvalue weighted by Gasteiger charge is 2.37. The molecule has 2 atom stereocenters. The van der Waals surface area contributed by atoms with Crippen molar-refractivity contribution in [1.82, 2.24) is 0 Å². The average Bonchev–Trinajstić information content (AvgIpc) is 2.87. The van der Waals surface area contributed by atoms with Crippen LogP contribution in [-0.2, 0) is 11.2 Å². The van der Waals surface area contributed by atoms with Gasteiger partial charge in [-0.25, -0.2) is 4.79 Å². The third-order valence-corrected chi connectivity index (χ3v) is 6.94. The van der Waals surface area contributed by atoms with Crippen LogP contribution in [0.2, 0.25) is 5.02 Å². The van der Waals surface area contributed by atoms with Gasteiger partial charge in [-0.3, -0.25) is 4.79 Å². The van der Waals surface area contributed by atoms with Gasteiger partial charge >= 0.3 is 6.03 Å². The zero-order valence-electron chi connectivity index (χ0n) is 22.2. The maximum Gasteiger partial charge on any atom is 0.316 e. The number of benzene rings is 3. The van der Waals surface area contributed by atoms with E-state index in [0.29, 0.717) is 27.8 Å². The summed E-state index contributed by atoms with van der Waals surface area (Å²) in [5, 5.41) is 3.11. The van der Waals surface area contributed by atoms with Crippen molar-refractivity contribution in [3.05, 3.63) is 76.3 Å². The molecule has 4 rings (SSSR count). The van der Waals surface area contributed by atoms with Crippen molar-refractivity contribution >= 4 is 40.6 Å². The number of nitrogens with zero attached hydrogens (tertiary/aromatic N) is 2. The number of anilines is 3. The van der Waals surface area contributed by atoms with Gasteiger partial charge in [-0.05, 0) is 73.0 Å². The molecule has 3 N–H and O–H groups in total. The summed E-state index contributed by atoms with van der Waals surface area (Å²) in [4.78, 5) is 29.4. The van der Waals surface area contributed by atoms with Crippen LogP contribution >= 0.6 is 11.6 Å². The highest BCUT2D eigenvalue weighted by atomic mass is 35.5. The number of amides is 3. The molecule has 0 radical (unpaired) electrons. The zero-order chi connectivity index (χ0) is 27.6. The number of nitrogens with two attached hydrogens (primary N) is 1. The number of urea groups is 1. The van der Waals surface area contributed by atoms with Crippen LogP contribution in [0.5, 0.6) is 11.5 Å². The molecular weight excluding hydrogens is 504 g/mol. The van der Waals surface area contributed by atoms with E-state index in [0.717, 1.165) is 28.9 Å². The molecule has 1 aliphatic rings. The quantitative estimate of drug-likeness (QED) is 0.381. The first kappa shape index (κ1) is 27.1. The summed E-state index contributed by atoms with van der Waals surface area (Å²) in [7, 11) is 5.50. The average molecular weight is 537 g/mol. The van der Waals surface area contributed by atoms with E-state index >= 15 is 0 Å². The summed E-state index contributed by atoms with van der Waals surface area (Å²) in [5.41, 5.74) is 9.99. The first-order chi connectivity index (χ1) is 18.1. The maximum absolute atomic E-state index is 13.8. The van der Waals surface area contributed by atoms with E-state index in [-0.39, 0.29) is 18.4 Å². The highest BCUT2D eigenvalue weighted by Crippen LogP contribution is 2.46. The molecular formula is C29H33ClN4O4. The second kappa shape index (κ2) is 11.2. The Hall–Kier alpha value is -3.91. The lowest BCUT2D eigenvalue weighted by molar-refractivity contribution is -0.118. The van der Waals surface area contributed by atoms with Crippen LogP contribution in [0.15, 0.2) is 54.6 Å². The first-order valence-electron chi connectivity index (χ1n) is 12.5. The second-order valence-electron chi connectivity index (χ2n) is 9.51. The third kappa shape index (κ3) is 5.50. The third-order valence-electron chi connectivity index (χ3n) is 6.70. The predicted octanol–water partition coefficient (Wildman–Crippen LogP) is 5.76. The van der Waals surface area contributed by atoms with Crippen molar-refractivity contribution < 1.29 is 19.1 Å². The highest BCUT2D eigenvalue weighted by molar-refractivity contribution is 6.31. The SMILES string of the molecule is CC[C@@H](C)Oc1cc2c(cc1OC)CC(=O)N(c1ccc(N(C)C)cc1)C2c1ccc(Cl)cc1NC(N)=O. The molecule has 0 aliphatic carbocycles. The van der Waals surface area contributed by atoms with Crippen LogP contribution in [0.1, 0.15) is 43.0 Å². The molecule has 0 bridgehead atoms. The molecule has 9 heteroatoms. The van der Waals surface area contributed by atoms with E-state index in [1.54, 1.807) is 30.2 Å². The van der Waals surface area contributed by atoms with Crippen molar-refractivity contribution in [1.29, 1.82) is 0 Å². The van der Waals surface area contributed by atoms with Crippen molar-refractivity contribution in [3.8, 4) is 11.5 Å². The van der Waals surface area contributed by atoms with E-state index < -0.39 is 12.1 Å². The predicted molar refractivity (Wildman–Crippen MR) is 152 cm³/mol. The minimum absolute atomic E-state index is 0.0390. The van der Waals surface area contributed by atoms with Gasteiger partial charge in [-0.1, -0.05) is 24.6 Å². The fraction of sp³-hybridized carbons (Fsp3) is 0.310.